The van der Waals surface area contributed by atoms with Crippen molar-refractivity contribution in [1.29, 1.82) is 0 Å². The molecule has 0 bridgehead atoms. The Morgan fingerprint density at radius 3 is 2.74 bits per heavy atom. The second kappa shape index (κ2) is 10.0. The molecule has 2 aliphatic heterocycles. The molecule has 2 atom stereocenters. The number of hydrogen-bond acceptors (Lipinski definition) is 10. The molecule has 0 unspecified atom stereocenters. The van der Waals surface area contributed by atoms with Gasteiger partial charge in [0.2, 0.25) is 18.6 Å². The summed E-state index contributed by atoms with van der Waals surface area (Å²) >= 11 is 0. The van der Waals surface area contributed by atoms with Crippen molar-refractivity contribution in [1.82, 2.24) is 20.1 Å². The third kappa shape index (κ3) is 4.95. The highest BCUT2D eigenvalue weighted by molar-refractivity contribution is 5.72. The van der Waals surface area contributed by atoms with Crippen LogP contribution in [-0.2, 0) is 17.8 Å². The first-order valence-corrected chi connectivity index (χ1v) is 12.2. The van der Waals surface area contributed by atoms with E-state index in [-0.39, 0.29) is 19.3 Å². The van der Waals surface area contributed by atoms with Gasteiger partial charge in [0.15, 0.2) is 18.1 Å². The highest BCUT2D eigenvalue weighted by atomic mass is 16.7. The van der Waals surface area contributed by atoms with Crippen LogP contribution in [0.3, 0.4) is 0 Å². The lowest BCUT2D eigenvalue weighted by molar-refractivity contribution is -0.142. The minimum Gasteiger partial charge on any atom is -0.485 e. The summed E-state index contributed by atoms with van der Waals surface area (Å²) in [5.41, 5.74) is 2.62. The fourth-order valence-electron chi connectivity index (χ4n) is 4.74. The monoisotopic (exact) mass is 515 g/mol. The number of carboxylic acids is 1. The van der Waals surface area contributed by atoms with Crippen LogP contribution in [0, 0.1) is 18.8 Å². The zero-order chi connectivity index (χ0) is 26.1. The molecule has 6 rings (SSSR count). The first kappa shape index (κ1) is 23.7. The molecule has 0 spiro atoms. The molecular weight excluding hydrogens is 490 g/mol. The van der Waals surface area contributed by atoms with E-state index in [9.17, 15) is 9.90 Å². The number of hydrogen-bond donors (Lipinski definition) is 1. The molecular formula is C27H25N5O6. The van der Waals surface area contributed by atoms with Gasteiger partial charge in [0.05, 0.1) is 5.92 Å². The number of anilines is 1. The summed E-state index contributed by atoms with van der Waals surface area (Å²) in [5, 5.41) is 13.8. The average molecular weight is 516 g/mol. The van der Waals surface area contributed by atoms with Crippen LogP contribution < -0.4 is 19.1 Å². The zero-order valence-corrected chi connectivity index (χ0v) is 20.6. The van der Waals surface area contributed by atoms with Crippen molar-refractivity contribution in [2.45, 2.75) is 20.0 Å². The van der Waals surface area contributed by atoms with Crippen LogP contribution in [0.1, 0.15) is 17.1 Å². The lowest BCUT2D eigenvalue weighted by Gasteiger charge is -2.16. The predicted molar refractivity (Wildman–Crippen MR) is 134 cm³/mol. The number of ether oxygens (including phenoxy) is 3. The van der Waals surface area contributed by atoms with Crippen molar-refractivity contribution in [3.05, 3.63) is 71.8 Å². The van der Waals surface area contributed by atoms with E-state index in [1.165, 1.54) is 0 Å². The molecule has 11 nitrogen and oxygen atoms in total. The van der Waals surface area contributed by atoms with Gasteiger partial charge in [-0.25, -0.2) is 9.97 Å². The van der Waals surface area contributed by atoms with Gasteiger partial charge < -0.3 is 28.7 Å². The zero-order valence-electron chi connectivity index (χ0n) is 20.6. The average Bonchev–Trinajstić information content (AvgIpc) is 3.67. The molecule has 0 radical (unpaired) electrons. The van der Waals surface area contributed by atoms with Crippen LogP contribution in [0.2, 0.25) is 0 Å². The molecule has 2 aromatic carbocycles. The van der Waals surface area contributed by atoms with Crippen molar-refractivity contribution in [3.8, 4) is 28.7 Å². The normalized spacial score (nSPS) is 18.1. The Morgan fingerprint density at radius 1 is 1.08 bits per heavy atom. The van der Waals surface area contributed by atoms with Gasteiger partial charge in [-0.15, -0.1) is 0 Å². The van der Waals surface area contributed by atoms with Gasteiger partial charge in [-0.2, -0.15) is 4.98 Å². The number of aliphatic carboxylic acids is 1. The number of benzene rings is 2. The Bertz CT molecular complexity index is 1460. The standard InChI is InChI=1S/C27H25N5O6/c1-16-8-9-28-27(29-16)32-12-19(21(13-32)26(33)34)10-17-2-5-20(6-3-17)35-14-24-30-25(38-31-24)18-4-7-22-23(11-18)37-15-36-22/h2-9,11,19,21H,10,12-15H2,1H3,(H,33,34)/t19-,21+/m1/s1. The van der Waals surface area contributed by atoms with E-state index in [0.717, 1.165) is 16.8 Å². The first-order valence-electron chi connectivity index (χ1n) is 12.2. The largest absolute Gasteiger partial charge is 0.485 e. The quantitative estimate of drug-likeness (QED) is 0.369. The van der Waals surface area contributed by atoms with Gasteiger partial charge in [-0.05, 0) is 61.2 Å². The fourth-order valence-corrected chi connectivity index (χ4v) is 4.74. The van der Waals surface area contributed by atoms with E-state index in [1.54, 1.807) is 18.3 Å². The Labute approximate surface area is 218 Å². The summed E-state index contributed by atoms with van der Waals surface area (Å²) in [6.07, 6.45) is 2.33. The van der Waals surface area contributed by atoms with Gasteiger partial charge in [0.1, 0.15) is 5.75 Å². The van der Waals surface area contributed by atoms with Gasteiger partial charge >= 0.3 is 5.97 Å². The molecule has 4 aromatic rings. The molecule has 2 aromatic heterocycles. The van der Waals surface area contributed by atoms with Gasteiger partial charge in [0.25, 0.3) is 5.89 Å². The molecule has 38 heavy (non-hydrogen) atoms. The molecule has 1 saturated heterocycles. The summed E-state index contributed by atoms with van der Waals surface area (Å²) < 4.78 is 21.9. The molecule has 4 heterocycles. The first-order chi connectivity index (χ1) is 18.5. The second-order valence-electron chi connectivity index (χ2n) is 9.33. The summed E-state index contributed by atoms with van der Waals surface area (Å²) in [4.78, 5) is 27.1. The van der Waals surface area contributed by atoms with Crippen LogP contribution >= 0.6 is 0 Å². The van der Waals surface area contributed by atoms with Crippen LogP contribution in [0.5, 0.6) is 17.2 Å². The highest BCUT2D eigenvalue weighted by Crippen LogP contribution is 2.35. The summed E-state index contributed by atoms with van der Waals surface area (Å²) in [6, 6.07) is 14.9. The maximum Gasteiger partial charge on any atom is 0.308 e. The van der Waals surface area contributed by atoms with Gasteiger partial charge in [0, 0.05) is 30.5 Å². The maximum absolute atomic E-state index is 11.9. The third-order valence-corrected chi connectivity index (χ3v) is 6.70. The Hall–Kier alpha value is -4.67. The van der Waals surface area contributed by atoms with E-state index in [2.05, 4.69) is 20.1 Å². The summed E-state index contributed by atoms with van der Waals surface area (Å²) in [5.74, 6) is 1.98. The molecule has 0 aliphatic carbocycles. The summed E-state index contributed by atoms with van der Waals surface area (Å²) in [6.45, 7) is 3.21. The van der Waals surface area contributed by atoms with Crippen molar-refractivity contribution < 1.29 is 28.6 Å². The van der Waals surface area contributed by atoms with Crippen LogP contribution in [0.4, 0.5) is 5.95 Å². The van der Waals surface area contributed by atoms with E-state index in [4.69, 9.17) is 18.7 Å². The lowest BCUT2D eigenvalue weighted by Crippen LogP contribution is -2.25. The van der Waals surface area contributed by atoms with Crippen molar-refractivity contribution >= 4 is 11.9 Å². The Morgan fingerprint density at radius 2 is 1.92 bits per heavy atom. The smallest absolute Gasteiger partial charge is 0.308 e. The second-order valence-corrected chi connectivity index (χ2v) is 9.33. The van der Waals surface area contributed by atoms with Crippen molar-refractivity contribution in [3.63, 3.8) is 0 Å². The van der Waals surface area contributed by atoms with E-state index in [0.29, 0.717) is 54.4 Å². The maximum atomic E-state index is 11.9. The van der Waals surface area contributed by atoms with Gasteiger partial charge in [-0.3, -0.25) is 4.79 Å². The van der Waals surface area contributed by atoms with E-state index in [1.807, 2.05) is 48.2 Å². The molecule has 0 amide bonds. The molecule has 194 valence electrons. The number of nitrogens with zero attached hydrogens (tertiary/aromatic N) is 5. The van der Waals surface area contributed by atoms with E-state index >= 15 is 0 Å². The fraction of sp³-hybridized carbons (Fsp3) is 0.296. The van der Waals surface area contributed by atoms with Crippen LogP contribution in [0.25, 0.3) is 11.5 Å². The molecule has 0 saturated carbocycles. The number of aromatic nitrogens is 4. The number of carbonyl (C=O) groups is 1. The van der Waals surface area contributed by atoms with Crippen LogP contribution in [-0.4, -0.2) is 51.1 Å². The molecule has 1 N–H and O–H groups in total. The number of aryl methyl sites for hydroxylation is 1. The number of carboxylic acid groups (broad SMARTS) is 1. The lowest BCUT2D eigenvalue weighted by atomic mass is 9.90. The molecule has 2 aliphatic rings. The van der Waals surface area contributed by atoms with Crippen molar-refractivity contribution in [2.75, 3.05) is 24.8 Å². The minimum atomic E-state index is -0.801. The number of rotatable bonds is 8. The number of fused-ring (bicyclic) bond motifs is 1. The van der Waals surface area contributed by atoms with Crippen LogP contribution in [0.15, 0.2) is 59.3 Å². The molecule has 11 heteroatoms. The van der Waals surface area contributed by atoms with Crippen molar-refractivity contribution in [2.24, 2.45) is 11.8 Å². The minimum absolute atomic E-state index is 0.0580. The Kier molecular flexibility index (Phi) is 6.24. The summed E-state index contributed by atoms with van der Waals surface area (Å²) in [7, 11) is 0. The highest BCUT2D eigenvalue weighted by Gasteiger charge is 2.38. The SMILES string of the molecule is Cc1ccnc(N2C[C@@H](Cc3ccc(OCc4noc(-c5ccc6c(c5)OCO6)n4)cc3)[C@@H](C(=O)O)C2)n1. The van der Waals surface area contributed by atoms with Gasteiger partial charge in [-0.1, -0.05) is 17.3 Å². The third-order valence-electron chi connectivity index (χ3n) is 6.70. The van der Waals surface area contributed by atoms with E-state index < -0.39 is 11.9 Å². The Balaban J connectivity index is 1.06. The predicted octanol–water partition coefficient (Wildman–Crippen LogP) is 3.52. The topological polar surface area (TPSA) is 133 Å². The molecule has 1 fully saturated rings.